The Bertz CT molecular complexity index is 393. The molecule has 1 aromatic rings. The summed E-state index contributed by atoms with van der Waals surface area (Å²) < 4.78 is 41.5. The third kappa shape index (κ3) is 5.51. The van der Waals surface area contributed by atoms with Crippen LogP contribution in [0.2, 0.25) is 0 Å². The lowest BCUT2D eigenvalue weighted by Crippen LogP contribution is -2.10. The van der Waals surface area contributed by atoms with E-state index in [-0.39, 0.29) is 13.0 Å². The lowest BCUT2D eigenvalue weighted by atomic mass is 10.0. The van der Waals surface area contributed by atoms with Crippen LogP contribution in [0.5, 0.6) is 5.75 Å². The molecule has 0 heterocycles. The number of halogens is 3. The van der Waals surface area contributed by atoms with Crippen molar-refractivity contribution >= 4 is 0 Å². The van der Waals surface area contributed by atoms with E-state index in [1.54, 1.807) is 0 Å². The predicted molar refractivity (Wildman–Crippen MR) is 69.5 cm³/mol. The normalized spacial score (nSPS) is 11.7. The third-order valence-electron chi connectivity index (χ3n) is 2.80. The van der Waals surface area contributed by atoms with Gasteiger partial charge in [-0.2, -0.15) is 13.2 Å². The fourth-order valence-corrected chi connectivity index (χ4v) is 2.03. The van der Waals surface area contributed by atoms with Crippen molar-refractivity contribution in [3.8, 4) is 5.75 Å². The van der Waals surface area contributed by atoms with Gasteiger partial charge < -0.3 is 10.5 Å². The fourth-order valence-electron chi connectivity index (χ4n) is 2.03. The second-order valence-electron chi connectivity index (χ2n) is 4.66. The summed E-state index contributed by atoms with van der Waals surface area (Å²) in [5, 5.41) is 0. The van der Waals surface area contributed by atoms with Gasteiger partial charge in [0.15, 0.2) is 0 Å². The molecule has 0 unspecified atom stereocenters. The van der Waals surface area contributed by atoms with Gasteiger partial charge in [0, 0.05) is 6.42 Å². The Balaban J connectivity index is 2.59. The molecule has 0 aromatic heterocycles. The number of aryl methyl sites for hydroxylation is 2. The van der Waals surface area contributed by atoms with Crippen LogP contribution in [-0.2, 0) is 6.42 Å². The first-order valence-electron chi connectivity index (χ1n) is 6.33. The highest BCUT2D eigenvalue weighted by Gasteiger charge is 2.26. The number of alkyl halides is 3. The topological polar surface area (TPSA) is 35.2 Å². The monoisotopic (exact) mass is 275 g/mol. The van der Waals surface area contributed by atoms with Crippen molar-refractivity contribution in [1.82, 2.24) is 0 Å². The summed E-state index contributed by atoms with van der Waals surface area (Å²) in [6.07, 6.45) is -4.16. The minimum absolute atomic E-state index is 0.0209. The molecule has 2 nitrogen and oxygen atoms in total. The van der Waals surface area contributed by atoms with Gasteiger partial charge in [0.2, 0.25) is 0 Å². The molecule has 1 aromatic carbocycles. The van der Waals surface area contributed by atoms with Crippen molar-refractivity contribution in [3.05, 3.63) is 28.8 Å². The Kier molecular flexibility index (Phi) is 5.66. The van der Waals surface area contributed by atoms with Crippen molar-refractivity contribution in [2.24, 2.45) is 5.73 Å². The molecule has 0 aliphatic rings. The van der Waals surface area contributed by atoms with E-state index in [0.717, 1.165) is 23.1 Å². The molecule has 0 radical (unpaired) electrons. The molecule has 2 N–H and O–H groups in total. The molecule has 0 atom stereocenters. The predicted octanol–water partition coefficient (Wildman–Crippen LogP) is 3.53. The van der Waals surface area contributed by atoms with Gasteiger partial charge in [-0.05, 0) is 49.9 Å². The maximum absolute atomic E-state index is 12.0. The zero-order valence-electron chi connectivity index (χ0n) is 11.3. The minimum Gasteiger partial charge on any atom is -0.493 e. The van der Waals surface area contributed by atoms with Crippen molar-refractivity contribution < 1.29 is 17.9 Å². The molecular formula is C14H20F3NO. The number of ether oxygens (including phenoxy) is 1. The van der Waals surface area contributed by atoms with E-state index < -0.39 is 12.6 Å². The Labute approximate surface area is 111 Å². The average Bonchev–Trinajstić information content (AvgIpc) is 2.26. The standard InChI is InChI=1S/C14H20F3NO/c1-10-8-12(4-6-18)9-11(2)13(10)19-7-3-5-14(15,16)17/h8-9H,3-7,18H2,1-2H3. The summed E-state index contributed by atoms with van der Waals surface area (Å²) in [5.41, 5.74) is 8.51. The molecule has 108 valence electrons. The van der Waals surface area contributed by atoms with Gasteiger partial charge in [-0.25, -0.2) is 0 Å². The smallest absolute Gasteiger partial charge is 0.389 e. The van der Waals surface area contributed by atoms with E-state index in [1.807, 2.05) is 26.0 Å². The summed E-state index contributed by atoms with van der Waals surface area (Å²) in [6, 6.07) is 3.94. The number of hydrogen-bond donors (Lipinski definition) is 1. The van der Waals surface area contributed by atoms with Gasteiger partial charge in [0.05, 0.1) is 6.61 Å². The van der Waals surface area contributed by atoms with Crippen LogP contribution in [0.15, 0.2) is 12.1 Å². The summed E-state index contributed by atoms with van der Waals surface area (Å²) in [4.78, 5) is 0. The molecular weight excluding hydrogens is 255 g/mol. The number of hydrogen-bond acceptors (Lipinski definition) is 2. The first-order valence-corrected chi connectivity index (χ1v) is 6.33. The highest BCUT2D eigenvalue weighted by molar-refractivity contribution is 5.43. The molecule has 1 rings (SSSR count). The highest BCUT2D eigenvalue weighted by Crippen LogP contribution is 2.26. The zero-order chi connectivity index (χ0) is 14.5. The first kappa shape index (κ1) is 15.8. The van der Waals surface area contributed by atoms with Gasteiger partial charge in [-0.3, -0.25) is 0 Å². The Morgan fingerprint density at radius 1 is 1.16 bits per heavy atom. The molecule has 0 aliphatic carbocycles. The lowest BCUT2D eigenvalue weighted by Gasteiger charge is -2.14. The minimum atomic E-state index is -4.11. The second-order valence-corrected chi connectivity index (χ2v) is 4.66. The largest absolute Gasteiger partial charge is 0.493 e. The highest BCUT2D eigenvalue weighted by atomic mass is 19.4. The van der Waals surface area contributed by atoms with Crippen molar-refractivity contribution in [2.45, 2.75) is 39.3 Å². The SMILES string of the molecule is Cc1cc(CCN)cc(C)c1OCCCC(F)(F)F. The van der Waals surface area contributed by atoms with E-state index in [0.29, 0.717) is 12.3 Å². The van der Waals surface area contributed by atoms with E-state index >= 15 is 0 Å². The van der Waals surface area contributed by atoms with Crippen LogP contribution in [-0.4, -0.2) is 19.3 Å². The molecule has 0 aliphatic heterocycles. The zero-order valence-corrected chi connectivity index (χ0v) is 11.3. The number of nitrogens with two attached hydrogens (primary N) is 1. The Hall–Kier alpha value is -1.23. The Morgan fingerprint density at radius 3 is 2.21 bits per heavy atom. The molecule has 0 fully saturated rings. The van der Waals surface area contributed by atoms with Crippen LogP contribution in [0.4, 0.5) is 13.2 Å². The van der Waals surface area contributed by atoms with E-state index in [9.17, 15) is 13.2 Å². The summed E-state index contributed by atoms with van der Waals surface area (Å²) in [5.74, 6) is 0.683. The van der Waals surface area contributed by atoms with Crippen molar-refractivity contribution in [3.63, 3.8) is 0 Å². The molecule has 5 heteroatoms. The first-order chi connectivity index (χ1) is 8.83. The summed E-state index contributed by atoms with van der Waals surface area (Å²) in [6.45, 7) is 4.44. The van der Waals surface area contributed by atoms with E-state index in [2.05, 4.69) is 0 Å². The van der Waals surface area contributed by atoms with E-state index in [1.165, 1.54) is 0 Å². The molecule has 0 bridgehead atoms. The second kappa shape index (κ2) is 6.80. The summed E-state index contributed by atoms with van der Waals surface area (Å²) in [7, 11) is 0. The van der Waals surface area contributed by atoms with Crippen LogP contribution in [0.1, 0.15) is 29.5 Å². The maximum Gasteiger partial charge on any atom is 0.389 e. The average molecular weight is 275 g/mol. The fraction of sp³-hybridized carbons (Fsp3) is 0.571. The lowest BCUT2D eigenvalue weighted by molar-refractivity contribution is -0.136. The van der Waals surface area contributed by atoms with Gasteiger partial charge in [-0.15, -0.1) is 0 Å². The van der Waals surface area contributed by atoms with Crippen LogP contribution < -0.4 is 10.5 Å². The molecule has 0 saturated heterocycles. The quantitative estimate of drug-likeness (QED) is 0.806. The molecule has 0 saturated carbocycles. The van der Waals surface area contributed by atoms with Gasteiger partial charge in [0.25, 0.3) is 0 Å². The van der Waals surface area contributed by atoms with Crippen LogP contribution in [0.25, 0.3) is 0 Å². The van der Waals surface area contributed by atoms with E-state index in [4.69, 9.17) is 10.5 Å². The van der Waals surface area contributed by atoms with Gasteiger partial charge in [-0.1, -0.05) is 12.1 Å². The van der Waals surface area contributed by atoms with Gasteiger partial charge in [0.1, 0.15) is 5.75 Å². The van der Waals surface area contributed by atoms with Crippen LogP contribution in [0, 0.1) is 13.8 Å². The maximum atomic E-state index is 12.0. The Morgan fingerprint density at radius 2 is 1.74 bits per heavy atom. The van der Waals surface area contributed by atoms with Crippen LogP contribution in [0.3, 0.4) is 0 Å². The van der Waals surface area contributed by atoms with Crippen LogP contribution >= 0.6 is 0 Å². The number of rotatable bonds is 6. The molecule has 0 spiro atoms. The van der Waals surface area contributed by atoms with Crippen molar-refractivity contribution in [1.29, 1.82) is 0 Å². The summed E-state index contributed by atoms with van der Waals surface area (Å²) >= 11 is 0. The molecule has 0 amide bonds. The third-order valence-corrected chi connectivity index (χ3v) is 2.80. The van der Waals surface area contributed by atoms with Gasteiger partial charge >= 0.3 is 6.18 Å². The molecule has 19 heavy (non-hydrogen) atoms. The van der Waals surface area contributed by atoms with Crippen molar-refractivity contribution in [2.75, 3.05) is 13.2 Å². The number of benzene rings is 1.